The van der Waals surface area contributed by atoms with Gasteiger partial charge in [-0.2, -0.15) is 0 Å². The first-order chi connectivity index (χ1) is 18.6. The molecule has 0 bridgehead atoms. The first-order valence-electron chi connectivity index (χ1n) is 13.2. The van der Waals surface area contributed by atoms with Crippen molar-refractivity contribution in [2.75, 3.05) is 14.1 Å². The number of nitrogens with two attached hydrogens (primary N) is 1. The average molecular weight is 547 g/mol. The number of likely N-dealkylation sites (N-methyl/N-ethyl adjacent to an activating group) is 1. The maximum atomic E-state index is 13.9. The molecule has 3 aliphatic rings. The number of aromatic hydroxyl groups is 1. The van der Waals surface area contributed by atoms with Crippen molar-refractivity contribution < 1.29 is 34.8 Å². The fourth-order valence-corrected chi connectivity index (χ4v) is 6.67. The number of carbonyl (C=O) groups excluding carboxylic acids is 3. The summed E-state index contributed by atoms with van der Waals surface area (Å²) in [6.07, 6.45) is 0.281. The van der Waals surface area contributed by atoms with Crippen molar-refractivity contribution in [1.82, 2.24) is 4.90 Å². The van der Waals surface area contributed by atoms with Crippen molar-refractivity contribution in [2.24, 2.45) is 17.6 Å². The van der Waals surface area contributed by atoms with Gasteiger partial charge in [-0.05, 0) is 66.6 Å². The van der Waals surface area contributed by atoms with Crippen molar-refractivity contribution in [2.45, 2.75) is 50.7 Å². The number of amides is 1. The van der Waals surface area contributed by atoms with E-state index in [1.807, 2.05) is 24.3 Å². The molecule has 9 heteroatoms. The van der Waals surface area contributed by atoms with E-state index in [-0.39, 0.29) is 35.1 Å². The number of fused-ring (bicyclic) bond motifs is 3. The van der Waals surface area contributed by atoms with Crippen LogP contribution in [0.2, 0.25) is 0 Å². The Bertz CT molecular complexity index is 1530. The lowest BCUT2D eigenvalue weighted by atomic mass is 9.58. The van der Waals surface area contributed by atoms with Crippen LogP contribution in [0.3, 0.4) is 0 Å². The fourth-order valence-electron chi connectivity index (χ4n) is 6.67. The van der Waals surface area contributed by atoms with Crippen LogP contribution in [0.4, 0.5) is 0 Å². The number of rotatable bonds is 3. The predicted molar refractivity (Wildman–Crippen MR) is 148 cm³/mol. The van der Waals surface area contributed by atoms with E-state index in [2.05, 4.69) is 20.8 Å². The highest BCUT2D eigenvalue weighted by Gasteiger charge is 2.63. The lowest BCUT2D eigenvalue weighted by molar-refractivity contribution is -0.148. The summed E-state index contributed by atoms with van der Waals surface area (Å²) in [6, 6.07) is 10.1. The van der Waals surface area contributed by atoms with Crippen LogP contribution in [0.5, 0.6) is 5.75 Å². The molecule has 0 saturated carbocycles. The Balaban J connectivity index is 1.68. The largest absolute Gasteiger partial charge is 0.510 e. The third kappa shape index (κ3) is 3.79. The second-order valence-corrected chi connectivity index (χ2v) is 12.3. The van der Waals surface area contributed by atoms with Gasteiger partial charge in [0.25, 0.3) is 5.91 Å². The van der Waals surface area contributed by atoms with Gasteiger partial charge < -0.3 is 26.2 Å². The maximum Gasteiger partial charge on any atom is 0.255 e. The molecule has 2 aromatic rings. The molecule has 0 fully saturated rings. The number of phenols is 1. The summed E-state index contributed by atoms with van der Waals surface area (Å²) in [5.41, 5.74) is 5.03. The molecule has 4 atom stereocenters. The van der Waals surface area contributed by atoms with Gasteiger partial charge in [-0.25, -0.2) is 0 Å². The quantitative estimate of drug-likeness (QED) is 0.367. The van der Waals surface area contributed by atoms with Crippen LogP contribution in [0.25, 0.3) is 11.1 Å². The number of ketones is 2. The van der Waals surface area contributed by atoms with Crippen molar-refractivity contribution in [3.63, 3.8) is 0 Å². The highest BCUT2D eigenvalue weighted by atomic mass is 16.3. The molecule has 210 valence electrons. The number of phenolic OH excluding ortho intramolecular Hbond substituents is 1. The first-order valence-corrected chi connectivity index (χ1v) is 13.2. The lowest BCUT2D eigenvalue weighted by Crippen LogP contribution is -2.63. The number of primary amides is 1. The van der Waals surface area contributed by atoms with E-state index in [0.717, 1.165) is 16.7 Å². The standard InChI is InChI=1S/C31H34N2O7/c1-30(2,3)16-8-6-14(7-9-16)17-10-11-20(34)22-18(17)12-15-13-19-24(33(4)5)26(36)23(29(32)39)28(38)31(19,40)27(37)21(15)25(22)35/h6-11,15,19,24,34,36-37,40H,12-13H2,1-5H3,(H2,32,39)/t15-,19-,24-,31?/m0/s1. The summed E-state index contributed by atoms with van der Waals surface area (Å²) >= 11 is 0. The van der Waals surface area contributed by atoms with E-state index in [1.165, 1.54) is 11.0 Å². The number of Topliss-reactive ketones (excluding diaryl/α,β-unsaturated/α-hetero) is 2. The zero-order valence-electron chi connectivity index (χ0n) is 23.1. The Labute approximate surface area is 232 Å². The number of nitrogens with zero attached hydrogens (tertiary/aromatic N) is 1. The van der Waals surface area contributed by atoms with Gasteiger partial charge >= 0.3 is 0 Å². The first kappa shape index (κ1) is 27.6. The number of hydrogen-bond donors (Lipinski definition) is 5. The third-order valence-corrected chi connectivity index (χ3v) is 8.67. The van der Waals surface area contributed by atoms with Gasteiger partial charge in [0.15, 0.2) is 11.4 Å². The minimum atomic E-state index is -2.65. The number of carbonyl (C=O) groups is 3. The highest BCUT2D eigenvalue weighted by molar-refractivity contribution is 6.24. The Hall–Kier alpha value is -3.95. The number of aliphatic hydroxyl groups excluding tert-OH is 2. The molecule has 40 heavy (non-hydrogen) atoms. The zero-order valence-corrected chi connectivity index (χ0v) is 23.1. The van der Waals surface area contributed by atoms with Crippen LogP contribution < -0.4 is 5.73 Å². The summed E-state index contributed by atoms with van der Waals surface area (Å²) in [7, 11) is 3.20. The van der Waals surface area contributed by atoms with Gasteiger partial charge in [0, 0.05) is 11.5 Å². The van der Waals surface area contributed by atoms with Gasteiger partial charge in [0.1, 0.15) is 22.8 Å². The molecule has 0 aliphatic heterocycles. The molecule has 3 aliphatic carbocycles. The molecule has 9 nitrogen and oxygen atoms in total. The van der Waals surface area contributed by atoms with Gasteiger partial charge in [-0.3, -0.25) is 19.3 Å². The normalized spacial score (nSPS) is 26.5. The molecule has 0 saturated heterocycles. The lowest BCUT2D eigenvalue weighted by Gasteiger charge is -2.50. The van der Waals surface area contributed by atoms with E-state index in [9.17, 15) is 34.8 Å². The van der Waals surface area contributed by atoms with E-state index < -0.39 is 58.0 Å². The van der Waals surface area contributed by atoms with Crippen molar-refractivity contribution in [3.05, 3.63) is 75.8 Å². The van der Waals surface area contributed by atoms with Crippen molar-refractivity contribution in [1.29, 1.82) is 0 Å². The highest BCUT2D eigenvalue weighted by Crippen LogP contribution is 2.53. The fraction of sp³-hybridized carbons (Fsp3) is 0.387. The van der Waals surface area contributed by atoms with E-state index in [4.69, 9.17) is 5.73 Å². The van der Waals surface area contributed by atoms with E-state index >= 15 is 0 Å². The van der Waals surface area contributed by atoms with Crippen LogP contribution in [0.15, 0.2) is 59.1 Å². The summed E-state index contributed by atoms with van der Waals surface area (Å²) in [5.74, 6) is -6.62. The van der Waals surface area contributed by atoms with Gasteiger partial charge in [0.05, 0.1) is 11.6 Å². The second kappa shape index (κ2) is 9.04. The molecule has 0 radical (unpaired) electrons. The molecule has 0 aromatic heterocycles. The molecule has 0 spiro atoms. The summed E-state index contributed by atoms with van der Waals surface area (Å²) in [4.78, 5) is 41.0. The van der Waals surface area contributed by atoms with Crippen LogP contribution in [0.1, 0.15) is 48.7 Å². The number of hydrogen-bond acceptors (Lipinski definition) is 8. The van der Waals surface area contributed by atoms with E-state index in [0.29, 0.717) is 5.56 Å². The molecule has 5 rings (SSSR count). The third-order valence-electron chi connectivity index (χ3n) is 8.67. The Morgan fingerprint density at radius 1 is 1.02 bits per heavy atom. The molecular weight excluding hydrogens is 512 g/mol. The minimum Gasteiger partial charge on any atom is -0.510 e. The Kier molecular flexibility index (Phi) is 6.24. The van der Waals surface area contributed by atoms with Crippen LogP contribution >= 0.6 is 0 Å². The molecule has 1 amide bonds. The minimum absolute atomic E-state index is 0.00169. The average Bonchev–Trinajstić information content (AvgIpc) is 2.85. The topological polar surface area (TPSA) is 161 Å². The smallest absolute Gasteiger partial charge is 0.255 e. The molecular formula is C31H34N2O7. The zero-order chi connectivity index (χ0) is 29.5. The maximum absolute atomic E-state index is 13.9. The number of benzene rings is 2. The van der Waals surface area contributed by atoms with Crippen molar-refractivity contribution >= 4 is 17.5 Å². The molecule has 2 aromatic carbocycles. The second-order valence-electron chi connectivity index (χ2n) is 12.3. The SMILES string of the molecule is CN(C)[C@@H]1C(O)=C(C(N)=O)C(=O)C2(O)C(O)=C3C(=O)c4c(O)ccc(-c5ccc(C(C)(C)C)cc5)c4C[C@H]3C[C@@H]12. The van der Waals surface area contributed by atoms with E-state index in [1.54, 1.807) is 20.2 Å². The number of allylic oxidation sites excluding steroid dienone is 1. The summed E-state index contributed by atoms with van der Waals surface area (Å²) < 4.78 is 0. The Morgan fingerprint density at radius 2 is 1.65 bits per heavy atom. The van der Waals surface area contributed by atoms with Crippen LogP contribution in [0, 0.1) is 11.8 Å². The van der Waals surface area contributed by atoms with Crippen molar-refractivity contribution in [3.8, 4) is 16.9 Å². The summed E-state index contributed by atoms with van der Waals surface area (Å²) in [5, 5.41) is 44.8. The predicted octanol–water partition coefficient (Wildman–Crippen LogP) is 3.09. The number of aliphatic hydroxyl groups is 3. The Morgan fingerprint density at radius 3 is 2.20 bits per heavy atom. The monoisotopic (exact) mass is 546 g/mol. The van der Waals surface area contributed by atoms with Gasteiger partial charge in [-0.1, -0.05) is 51.1 Å². The van der Waals surface area contributed by atoms with Crippen LogP contribution in [-0.2, 0) is 21.4 Å². The van der Waals surface area contributed by atoms with Crippen LogP contribution in [-0.4, -0.2) is 68.5 Å². The van der Waals surface area contributed by atoms with Gasteiger partial charge in [-0.15, -0.1) is 0 Å². The summed E-state index contributed by atoms with van der Waals surface area (Å²) in [6.45, 7) is 6.35. The molecule has 0 heterocycles. The molecule has 1 unspecified atom stereocenters. The van der Waals surface area contributed by atoms with Gasteiger partial charge in [0.2, 0.25) is 5.78 Å². The molecule has 6 N–H and O–H groups in total.